The molecule has 114 valence electrons. The molecule has 0 aromatic heterocycles. The molecule has 0 saturated heterocycles. The van der Waals surface area contributed by atoms with Gasteiger partial charge in [0, 0.05) is 24.9 Å². The number of Topliss-reactive ketones (excluding diaryl/α,β-unsaturated/α-hetero) is 1. The van der Waals surface area contributed by atoms with E-state index in [0.717, 1.165) is 0 Å². The highest BCUT2D eigenvalue weighted by Crippen LogP contribution is 2.14. The predicted molar refractivity (Wildman–Crippen MR) is 78.4 cm³/mol. The summed E-state index contributed by atoms with van der Waals surface area (Å²) in [5, 5.41) is 7.46. The molecular weight excluding hydrogens is 274 g/mol. The summed E-state index contributed by atoms with van der Waals surface area (Å²) >= 11 is 0. The maximum Gasteiger partial charge on any atom is 0.321 e. The molecule has 7 heteroatoms. The van der Waals surface area contributed by atoms with Gasteiger partial charge in [-0.25, -0.2) is 4.79 Å². The number of hydrogen-bond donors (Lipinski definition) is 3. The second-order valence-electron chi connectivity index (χ2n) is 4.25. The van der Waals surface area contributed by atoms with Crippen LogP contribution in [0.1, 0.15) is 17.3 Å². The Morgan fingerprint density at radius 2 is 1.90 bits per heavy atom. The lowest BCUT2D eigenvalue weighted by Gasteiger charge is -2.10. The van der Waals surface area contributed by atoms with Gasteiger partial charge in [0.2, 0.25) is 5.91 Å². The zero-order valence-corrected chi connectivity index (χ0v) is 12.1. The van der Waals surface area contributed by atoms with Crippen LogP contribution in [0.3, 0.4) is 0 Å². The molecule has 7 nitrogen and oxygen atoms in total. The van der Waals surface area contributed by atoms with Gasteiger partial charge in [-0.15, -0.1) is 0 Å². The first kappa shape index (κ1) is 16.6. The molecule has 0 aliphatic carbocycles. The highest BCUT2D eigenvalue weighted by molar-refractivity contribution is 6.01. The maximum atomic E-state index is 11.6. The Balaban J connectivity index is 2.43. The van der Waals surface area contributed by atoms with E-state index in [-0.39, 0.29) is 12.3 Å². The van der Waals surface area contributed by atoms with Gasteiger partial charge in [-0.1, -0.05) is 12.1 Å². The first-order chi connectivity index (χ1) is 10.0. The Morgan fingerprint density at radius 1 is 1.19 bits per heavy atom. The van der Waals surface area contributed by atoms with E-state index >= 15 is 0 Å². The zero-order chi connectivity index (χ0) is 15.7. The smallest absolute Gasteiger partial charge is 0.321 e. The SMILES string of the molecule is COCCNC(=O)NC(=O)CNc1ccccc1C(C)=O. The third-order valence-corrected chi connectivity index (χ3v) is 2.59. The molecule has 3 amide bonds. The van der Waals surface area contributed by atoms with Crippen LogP contribution >= 0.6 is 0 Å². The second kappa shape index (κ2) is 8.70. The molecule has 1 rings (SSSR count). The number of ketones is 1. The maximum absolute atomic E-state index is 11.6. The van der Waals surface area contributed by atoms with E-state index in [9.17, 15) is 14.4 Å². The van der Waals surface area contributed by atoms with Crippen molar-refractivity contribution in [2.24, 2.45) is 0 Å². The number of para-hydroxylation sites is 1. The molecule has 0 spiro atoms. The van der Waals surface area contributed by atoms with Crippen LogP contribution in [0.25, 0.3) is 0 Å². The van der Waals surface area contributed by atoms with Gasteiger partial charge in [0.1, 0.15) is 0 Å². The van der Waals surface area contributed by atoms with Crippen LogP contribution in [0.4, 0.5) is 10.5 Å². The summed E-state index contributed by atoms with van der Waals surface area (Å²) in [6.45, 7) is 2.02. The Hall–Kier alpha value is -2.41. The largest absolute Gasteiger partial charge is 0.383 e. The number of anilines is 1. The molecular formula is C14H19N3O4. The summed E-state index contributed by atoms with van der Waals surface area (Å²) < 4.78 is 4.77. The number of methoxy groups -OCH3 is 1. The molecule has 0 aliphatic rings. The predicted octanol–water partition coefficient (Wildman–Crippen LogP) is 0.773. The molecule has 0 fully saturated rings. The van der Waals surface area contributed by atoms with Gasteiger partial charge in [0.05, 0.1) is 13.2 Å². The van der Waals surface area contributed by atoms with Crippen LogP contribution in [0.15, 0.2) is 24.3 Å². The van der Waals surface area contributed by atoms with E-state index in [1.165, 1.54) is 14.0 Å². The minimum absolute atomic E-state index is 0.101. The number of imide groups is 1. The van der Waals surface area contributed by atoms with Crippen molar-refractivity contribution in [3.8, 4) is 0 Å². The minimum atomic E-state index is -0.585. The van der Waals surface area contributed by atoms with Crippen LogP contribution < -0.4 is 16.0 Å². The molecule has 1 aromatic carbocycles. The van der Waals surface area contributed by atoms with Gasteiger partial charge in [-0.3, -0.25) is 14.9 Å². The zero-order valence-electron chi connectivity index (χ0n) is 12.1. The Morgan fingerprint density at radius 3 is 2.57 bits per heavy atom. The van der Waals surface area contributed by atoms with Gasteiger partial charge in [-0.2, -0.15) is 0 Å². The lowest BCUT2D eigenvalue weighted by Crippen LogP contribution is -2.43. The van der Waals surface area contributed by atoms with E-state index in [4.69, 9.17) is 4.74 Å². The fourth-order valence-corrected chi connectivity index (χ4v) is 1.60. The summed E-state index contributed by atoms with van der Waals surface area (Å²) in [5.74, 6) is -0.598. The Bertz CT molecular complexity index is 517. The molecule has 0 radical (unpaired) electrons. The quantitative estimate of drug-likeness (QED) is 0.510. The van der Waals surface area contributed by atoms with Crippen molar-refractivity contribution in [2.45, 2.75) is 6.92 Å². The lowest BCUT2D eigenvalue weighted by molar-refractivity contribution is -0.118. The number of hydrogen-bond acceptors (Lipinski definition) is 5. The topological polar surface area (TPSA) is 96.5 Å². The van der Waals surface area contributed by atoms with Crippen LogP contribution in [0.5, 0.6) is 0 Å². The molecule has 0 atom stereocenters. The van der Waals surface area contributed by atoms with Crippen molar-refractivity contribution >= 4 is 23.4 Å². The third-order valence-electron chi connectivity index (χ3n) is 2.59. The fraction of sp³-hybridized carbons (Fsp3) is 0.357. The summed E-state index contributed by atoms with van der Waals surface area (Å²) in [7, 11) is 1.52. The van der Waals surface area contributed by atoms with E-state index in [0.29, 0.717) is 24.4 Å². The molecule has 0 bridgehead atoms. The van der Waals surface area contributed by atoms with Crippen molar-refractivity contribution in [1.82, 2.24) is 10.6 Å². The van der Waals surface area contributed by atoms with Crippen molar-refractivity contribution in [3.63, 3.8) is 0 Å². The highest BCUT2D eigenvalue weighted by atomic mass is 16.5. The first-order valence-electron chi connectivity index (χ1n) is 6.45. The van der Waals surface area contributed by atoms with Gasteiger partial charge in [0.25, 0.3) is 0 Å². The Labute approximate surface area is 123 Å². The lowest BCUT2D eigenvalue weighted by atomic mass is 10.1. The number of amides is 3. The van der Waals surface area contributed by atoms with Crippen LogP contribution in [0, 0.1) is 0 Å². The van der Waals surface area contributed by atoms with Crippen molar-refractivity contribution < 1.29 is 19.1 Å². The highest BCUT2D eigenvalue weighted by Gasteiger charge is 2.09. The number of carbonyl (C=O) groups is 3. The Kier molecular flexibility index (Phi) is 6.90. The normalized spacial score (nSPS) is 9.81. The number of urea groups is 1. The first-order valence-corrected chi connectivity index (χ1v) is 6.45. The van der Waals surface area contributed by atoms with Gasteiger partial charge < -0.3 is 15.4 Å². The summed E-state index contributed by atoms with van der Waals surface area (Å²) in [6, 6.07) is 6.27. The van der Waals surface area contributed by atoms with Gasteiger partial charge in [-0.05, 0) is 19.1 Å². The molecule has 3 N–H and O–H groups in total. The number of rotatable bonds is 7. The standard InChI is InChI=1S/C14H19N3O4/c1-10(18)11-5-3-4-6-12(11)16-9-13(19)17-14(20)15-7-8-21-2/h3-6,16H,7-9H2,1-2H3,(H2,15,17,19,20). The molecule has 0 heterocycles. The molecule has 21 heavy (non-hydrogen) atoms. The number of nitrogens with one attached hydrogen (secondary N) is 3. The van der Waals surface area contributed by atoms with Crippen LogP contribution in [0.2, 0.25) is 0 Å². The second-order valence-corrected chi connectivity index (χ2v) is 4.25. The van der Waals surface area contributed by atoms with E-state index in [1.54, 1.807) is 24.3 Å². The van der Waals surface area contributed by atoms with Crippen LogP contribution in [-0.4, -0.2) is 44.5 Å². The third kappa shape index (κ3) is 6.05. The number of ether oxygens (including phenoxy) is 1. The van der Waals surface area contributed by atoms with E-state index in [2.05, 4.69) is 16.0 Å². The van der Waals surface area contributed by atoms with Gasteiger partial charge >= 0.3 is 6.03 Å². The molecule has 0 unspecified atom stereocenters. The molecule has 0 saturated carbocycles. The summed E-state index contributed by atoms with van der Waals surface area (Å²) in [5.41, 5.74) is 1.05. The van der Waals surface area contributed by atoms with Crippen molar-refractivity contribution in [3.05, 3.63) is 29.8 Å². The number of carbonyl (C=O) groups excluding carboxylic acids is 3. The minimum Gasteiger partial charge on any atom is -0.383 e. The molecule has 0 aliphatic heterocycles. The van der Waals surface area contributed by atoms with Gasteiger partial charge in [0.15, 0.2) is 5.78 Å². The molecule has 1 aromatic rings. The van der Waals surface area contributed by atoms with Crippen LogP contribution in [-0.2, 0) is 9.53 Å². The summed E-state index contributed by atoms with van der Waals surface area (Å²) in [6.07, 6.45) is 0. The van der Waals surface area contributed by atoms with E-state index in [1.807, 2.05) is 0 Å². The number of benzene rings is 1. The fourth-order valence-electron chi connectivity index (χ4n) is 1.60. The average molecular weight is 293 g/mol. The van der Waals surface area contributed by atoms with E-state index < -0.39 is 11.9 Å². The summed E-state index contributed by atoms with van der Waals surface area (Å²) in [4.78, 5) is 34.3. The average Bonchev–Trinajstić information content (AvgIpc) is 2.45. The monoisotopic (exact) mass is 293 g/mol. The van der Waals surface area contributed by atoms with Crippen molar-refractivity contribution in [1.29, 1.82) is 0 Å². The van der Waals surface area contributed by atoms with Crippen molar-refractivity contribution in [2.75, 3.05) is 32.1 Å².